The largest absolute Gasteiger partial charge is 0.504 e. The van der Waals surface area contributed by atoms with Crippen molar-refractivity contribution in [1.82, 2.24) is 0 Å². The maximum absolute atomic E-state index is 12.5. The number of ketones is 1. The number of carbonyl (C=O) groups is 1. The molecular weight excluding hydrogens is 300 g/mol. The minimum Gasteiger partial charge on any atom is -0.504 e. The van der Waals surface area contributed by atoms with Gasteiger partial charge in [0.25, 0.3) is 0 Å². The van der Waals surface area contributed by atoms with Crippen LogP contribution in [0.25, 0.3) is 6.08 Å². The molecule has 3 rings (SSSR count). The fraction of sp³-hybridized carbons (Fsp3) is 0.118. The minimum atomic E-state index is -0.373. The second kappa shape index (κ2) is 5.57. The summed E-state index contributed by atoms with van der Waals surface area (Å²) in [6, 6.07) is 7.63. The average molecular weight is 314 g/mol. The van der Waals surface area contributed by atoms with Crippen LogP contribution in [0.5, 0.6) is 28.7 Å². The molecule has 1 aliphatic heterocycles. The van der Waals surface area contributed by atoms with E-state index in [9.17, 15) is 15.0 Å². The Hall–Kier alpha value is -3.15. The highest BCUT2D eigenvalue weighted by molar-refractivity contribution is 6.16. The molecule has 118 valence electrons. The summed E-state index contributed by atoms with van der Waals surface area (Å²) in [7, 11) is 2.95. The second-order valence-electron chi connectivity index (χ2n) is 4.86. The SMILES string of the molecule is COc1cc(OC)c2c(c1)O/C(=C\c1cccc(O)c1O)C2=O. The van der Waals surface area contributed by atoms with Gasteiger partial charge in [-0.25, -0.2) is 0 Å². The minimum absolute atomic E-state index is 0.0208. The molecule has 0 amide bonds. The van der Waals surface area contributed by atoms with Gasteiger partial charge < -0.3 is 24.4 Å². The van der Waals surface area contributed by atoms with Gasteiger partial charge in [-0.15, -0.1) is 0 Å². The third-order valence-electron chi connectivity index (χ3n) is 3.50. The number of phenolic OH excluding ortho intramolecular Hbond substituents is 2. The van der Waals surface area contributed by atoms with Gasteiger partial charge in [-0.3, -0.25) is 4.79 Å². The first-order valence-corrected chi connectivity index (χ1v) is 6.76. The second-order valence-corrected chi connectivity index (χ2v) is 4.86. The predicted octanol–water partition coefficient (Wildman–Crippen LogP) is 2.73. The number of carbonyl (C=O) groups excluding carboxylic acids is 1. The highest BCUT2D eigenvalue weighted by atomic mass is 16.5. The number of Topliss-reactive ketones (excluding diaryl/α,β-unsaturated/α-hetero) is 1. The Bertz CT molecular complexity index is 822. The molecule has 0 fully saturated rings. The van der Waals surface area contributed by atoms with Gasteiger partial charge in [0.15, 0.2) is 17.3 Å². The van der Waals surface area contributed by atoms with Crippen LogP contribution in [0.4, 0.5) is 0 Å². The van der Waals surface area contributed by atoms with E-state index in [-0.39, 0.29) is 28.6 Å². The Morgan fingerprint density at radius 2 is 1.91 bits per heavy atom. The molecule has 23 heavy (non-hydrogen) atoms. The van der Waals surface area contributed by atoms with Crippen molar-refractivity contribution in [3.05, 3.63) is 47.2 Å². The molecule has 0 spiro atoms. The van der Waals surface area contributed by atoms with Gasteiger partial charge in [0.2, 0.25) is 5.78 Å². The Morgan fingerprint density at radius 1 is 1.13 bits per heavy atom. The summed E-state index contributed by atoms with van der Waals surface area (Å²) >= 11 is 0. The number of ether oxygens (including phenoxy) is 3. The van der Waals surface area contributed by atoms with Crippen molar-refractivity contribution in [3.63, 3.8) is 0 Å². The lowest BCUT2D eigenvalue weighted by atomic mass is 10.1. The van der Waals surface area contributed by atoms with Gasteiger partial charge in [0.1, 0.15) is 22.8 Å². The summed E-state index contributed by atoms with van der Waals surface area (Å²) in [5.74, 6) is 0.202. The first-order chi connectivity index (χ1) is 11.0. The molecule has 0 saturated heterocycles. The van der Waals surface area contributed by atoms with Crippen molar-refractivity contribution >= 4 is 11.9 Å². The molecule has 2 aromatic carbocycles. The molecule has 6 nitrogen and oxygen atoms in total. The zero-order chi connectivity index (χ0) is 16.6. The van der Waals surface area contributed by atoms with Crippen LogP contribution in [0.1, 0.15) is 15.9 Å². The van der Waals surface area contributed by atoms with Crippen molar-refractivity contribution < 1.29 is 29.2 Å². The lowest BCUT2D eigenvalue weighted by Crippen LogP contribution is -2.00. The van der Waals surface area contributed by atoms with E-state index < -0.39 is 0 Å². The molecule has 0 atom stereocenters. The van der Waals surface area contributed by atoms with Crippen LogP contribution in [0, 0.1) is 0 Å². The van der Waals surface area contributed by atoms with E-state index in [2.05, 4.69) is 0 Å². The third-order valence-corrected chi connectivity index (χ3v) is 3.50. The monoisotopic (exact) mass is 314 g/mol. The van der Waals surface area contributed by atoms with Gasteiger partial charge in [0, 0.05) is 17.7 Å². The number of fused-ring (bicyclic) bond motifs is 1. The van der Waals surface area contributed by atoms with Gasteiger partial charge in [-0.2, -0.15) is 0 Å². The van der Waals surface area contributed by atoms with E-state index in [1.165, 1.54) is 26.4 Å². The van der Waals surface area contributed by atoms with Crippen LogP contribution in [-0.4, -0.2) is 30.2 Å². The number of benzene rings is 2. The smallest absolute Gasteiger partial charge is 0.235 e. The van der Waals surface area contributed by atoms with E-state index in [0.717, 1.165) is 0 Å². The normalized spacial score (nSPS) is 14.5. The molecule has 2 aromatic rings. The van der Waals surface area contributed by atoms with Crippen molar-refractivity contribution in [2.75, 3.05) is 14.2 Å². The molecule has 0 radical (unpaired) electrons. The number of methoxy groups -OCH3 is 2. The number of hydrogen-bond acceptors (Lipinski definition) is 6. The van der Waals surface area contributed by atoms with Gasteiger partial charge >= 0.3 is 0 Å². The number of rotatable bonds is 3. The molecule has 0 saturated carbocycles. The van der Waals surface area contributed by atoms with Gasteiger partial charge in [0.05, 0.1) is 14.2 Å². The van der Waals surface area contributed by atoms with Crippen molar-refractivity contribution in [3.8, 4) is 28.7 Å². The molecule has 1 aliphatic rings. The summed E-state index contributed by atoms with van der Waals surface area (Å²) in [4.78, 5) is 12.5. The van der Waals surface area contributed by atoms with E-state index >= 15 is 0 Å². The summed E-state index contributed by atoms with van der Waals surface area (Å²) in [5, 5.41) is 19.4. The van der Waals surface area contributed by atoms with Crippen LogP contribution in [-0.2, 0) is 0 Å². The van der Waals surface area contributed by atoms with E-state index in [1.54, 1.807) is 24.3 Å². The molecule has 0 bridgehead atoms. The Kier molecular flexibility index (Phi) is 3.57. The molecule has 2 N–H and O–H groups in total. The fourth-order valence-electron chi connectivity index (χ4n) is 2.34. The van der Waals surface area contributed by atoms with E-state index in [0.29, 0.717) is 22.8 Å². The van der Waals surface area contributed by atoms with E-state index in [1.807, 2.05) is 0 Å². The third kappa shape index (κ3) is 2.44. The van der Waals surface area contributed by atoms with Gasteiger partial charge in [-0.1, -0.05) is 12.1 Å². The number of allylic oxidation sites excluding steroid dienone is 1. The maximum atomic E-state index is 12.5. The molecule has 0 unspecified atom stereocenters. The van der Waals surface area contributed by atoms with Crippen molar-refractivity contribution in [2.45, 2.75) is 0 Å². The van der Waals surface area contributed by atoms with Crippen LogP contribution < -0.4 is 14.2 Å². The summed E-state index contributed by atoms with van der Waals surface area (Å²) in [6.45, 7) is 0. The zero-order valence-corrected chi connectivity index (χ0v) is 12.5. The molecule has 1 heterocycles. The highest BCUT2D eigenvalue weighted by Gasteiger charge is 2.32. The number of aromatic hydroxyl groups is 2. The summed E-state index contributed by atoms with van der Waals surface area (Å²) < 4.78 is 15.9. The standard InChI is InChI=1S/C17H14O6/c1-21-10-7-12(22-2)15-13(8-10)23-14(17(15)20)6-9-4-3-5-11(18)16(9)19/h3-8,18-19H,1-2H3/b14-6-. The zero-order valence-electron chi connectivity index (χ0n) is 12.5. The summed E-state index contributed by atoms with van der Waals surface area (Å²) in [6.07, 6.45) is 1.36. The number of phenols is 2. The van der Waals surface area contributed by atoms with Crippen LogP contribution >= 0.6 is 0 Å². The first-order valence-electron chi connectivity index (χ1n) is 6.76. The molecule has 6 heteroatoms. The molecule has 0 aliphatic carbocycles. The predicted molar refractivity (Wildman–Crippen MR) is 82.3 cm³/mol. The number of hydrogen-bond donors (Lipinski definition) is 2. The first kappa shape index (κ1) is 14.8. The number of para-hydroxylation sites is 1. The van der Waals surface area contributed by atoms with E-state index in [4.69, 9.17) is 14.2 Å². The Labute approximate surface area is 132 Å². The maximum Gasteiger partial charge on any atom is 0.235 e. The van der Waals surface area contributed by atoms with Crippen LogP contribution in [0.2, 0.25) is 0 Å². The Morgan fingerprint density at radius 3 is 2.61 bits per heavy atom. The van der Waals surface area contributed by atoms with Crippen LogP contribution in [0.15, 0.2) is 36.1 Å². The topological polar surface area (TPSA) is 85.2 Å². The average Bonchev–Trinajstić information content (AvgIpc) is 2.87. The van der Waals surface area contributed by atoms with Crippen LogP contribution in [0.3, 0.4) is 0 Å². The van der Waals surface area contributed by atoms with Gasteiger partial charge in [-0.05, 0) is 12.1 Å². The lowest BCUT2D eigenvalue weighted by molar-refractivity contribution is 0.101. The molecular formula is C17H14O6. The Balaban J connectivity index is 2.07. The quantitative estimate of drug-likeness (QED) is 0.669. The fourth-order valence-corrected chi connectivity index (χ4v) is 2.34. The summed E-state index contributed by atoms with van der Waals surface area (Å²) in [5.41, 5.74) is 0.561. The lowest BCUT2D eigenvalue weighted by Gasteiger charge is -2.07. The van der Waals surface area contributed by atoms with Crippen molar-refractivity contribution in [2.24, 2.45) is 0 Å². The molecule has 0 aromatic heterocycles. The van der Waals surface area contributed by atoms with Crippen molar-refractivity contribution in [1.29, 1.82) is 0 Å². The highest BCUT2D eigenvalue weighted by Crippen LogP contribution is 2.42.